The average molecular weight is 370 g/mol. The lowest BCUT2D eigenvalue weighted by molar-refractivity contribution is -0.448. The van der Waals surface area contributed by atoms with Crippen molar-refractivity contribution < 1.29 is 33.3 Å². The quantitative estimate of drug-likeness (QED) is 0.770. The van der Waals surface area contributed by atoms with Gasteiger partial charge in [-0.3, -0.25) is 4.79 Å². The number of benzene rings is 1. The van der Waals surface area contributed by atoms with Crippen LogP contribution in [0.5, 0.6) is 5.75 Å². The SMILES string of the molecule is COc1cc2c(c3occc13)[C@H]1OC3O[C@@]4(O)CC[C@@]23[C@H]2[C@@H]1OC(=O)[C@]24C. The molecule has 0 amide bonds. The van der Waals surface area contributed by atoms with Crippen molar-refractivity contribution >= 4 is 16.9 Å². The topological polar surface area (TPSA) is 87.4 Å². The second kappa shape index (κ2) is 4.01. The molecule has 27 heavy (non-hydrogen) atoms. The molecular formula is C20H18O7. The summed E-state index contributed by atoms with van der Waals surface area (Å²) in [5.41, 5.74) is 0.972. The summed E-state index contributed by atoms with van der Waals surface area (Å²) < 4.78 is 29.6. The van der Waals surface area contributed by atoms with Crippen molar-refractivity contribution in [2.75, 3.05) is 7.11 Å². The highest BCUT2D eigenvalue weighted by Crippen LogP contribution is 2.75. The van der Waals surface area contributed by atoms with Crippen LogP contribution in [0.1, 0.15) is 37.0 Å². The maximum atomic E-state index is 13.0. The first-order valence-corrected chi connectivity index (χ1v) is 9.31. The Kier molecular flexibility index (Phi) is 2.22. The van der Waals surface area contributed by atoms with Gasteiger partial charge in [0.2, 0.25) is 0 Å². The third-order valence-electron chi connectivity index (χ3n) is 7.90. The molecule has 0 radical (unpaired) electrons. The number of ether oxygens (including phenoxy) is 4. The summed E-state index contributed by atoms with van der Waals surface area (Å²) in [5, 5.41) is 12.1. The maximum absolute atomic E-state index is 13.0. The molecule has 1 spiro atoms. The number of hydrogen-bond acceptors (Lipinski definition) is 7. The standard InChI is InChI=1S/C20H18O7/c1-18-15-14(25-16(18)21)13-11-9(7-10(23-2)8-3-6-24-12(8)11)19(15)4-5-20(18,22)27-17(19)26-13/h3,6-7,13-15,17,22H,4-5H2,1-2H3/t13-,14-,15+,17?,18+,19+,20+/m1/s1. The lowest BCUT2D eigenvalue weighted by atomic mass is 9.44. The van der Waals surface area contributed by atoms with Crippen molar-refractivity contribution in [2.24, 2.45) is 11.3 Å². The largest absolute Gasteiger partial charge is 0.496 e. The van der Waals surface area contributed by atoms with E-state index in [9.17, 15) is 9.90 Å². The zero-order chi connectivity index (χ0) is 18.3. The van der Waals surface area contributed by atoms with Gasteiger partial charge in [-0.15, -0.1) is 0 Å². The van der Waals surface area contributed by atoms with Gasteiger partial charge in [-0.05, 0) is 31.0 Å². The molecule has 7 heteroatoms. The maximum Gasteiger partial charge on any atom is 0.318 e. The van der Waals surface area contributed by atoms with Crippen LogP contribution in [0.2, 0.25) is 0 Å². The van der Waals surface area contributed by atoms with E-state index in [4.69, 9.17) is 23.4 Å². The van der Waals surface area contributed by atoms with Gasteiger partial charge in [0, 0.05) is 17.9 Å². The van der Waals surface area contributed by atoms with Crippen molar-refractivity contribution in [3.63, 3.8) is 0 Å². The predicted octanol–water partition coefficient (Wildman–Crippen LogP) is 2.15. The summed E-state index contributed by atoms with van der Waals surface area (Å²) in [5.74, 6) is -1.45. The molecule has 9 rings (SSSR count). The van der Waals surface area contributed by atoms with E-state index in [1.54, 1.807) is 20.3 Å². The summed E-state index contributed by atoms with van der Waals surface area (Å²) in [4.78, 5) is 13.0. The first-order chi connectivity index (χ1) is 13.0. The molecule has 5 fully saturated rings. The van der Waals surface area contributed by atoms with Crippen molar-refractivity contribution in [2.45, 2.75) is 49.5 Å². The van der Waals surface area contributed by atoms with Gasteiger partial charge in [0.15, 0.2) is 12.1 Å². The molecule has 1 aromatic heterocycles. The zero-order valence-electron chi connectivity index (χ0n) is 14.9. The van der Waals surface area contributed by atoms with E-state index >= 15 is 0 Å². The van der Waals surface area contributed by atoms with Crippen LogP contribution in [-0.4, -0.2) is 36.4 Å². The van der Waals surface area contributed by atoms with Gasteiger partial charge in [0.25, 0.3) is 0 Å². The summed E-state index contributed by atoms with van der Waals surface area (Å²) in [6.45, 7) is 1.78. The van der Waals surface area contributed by atoms with Crippen LogP contribution in [0.25, 0.3) is 11.0 Å². The smallest absolute Gasteiger partial charge is 0.318 e. The molecule has 140 valence electrons. The number of rotatable bonds is 1. The fourth-order valence-electron chi connectivity index (χ4n) is 6.71. The molecule has 1 unspecified atom stereocenters. The molecular weight excluding hydrogens is 352 g/mol. The Morgan fingerprint density at radius 2 is 2.19 bits per heavy atom. The third kappa shape index (κ3) is 1.22. The fourth-order valence-corrected chi connectivity index (χ4v) is 6.71. The van der Waals surface area contributed by atoms with E-state index in [0.717, 1.165) is 22.3 Å². The van der Waals surface area contributed by atoms with E-state index in [1.807, 2.05) is 12.1 Å². The van der Waals surface area contributed by atoms with E-state index in [1.165, 1.54) is 0 Å². The van der Waals surface area contributed by atoms with Crippen LogP contribution >= 0.6 is 0 Å². The van der Waals surface area contributed by atoms with Crippen molar-refractivity contribution in [1.82, 2.24) is 0 Å². The molecule has 7 aliphatic rings. The van der Waals surface area contributed by atoms with Crippen LogP contribution < -0.4 is 4.74 Å². The lowest BCUT2D eigenvalue weighted by Crippen LogP contribution is -2.78. The summed E-state index contributed by atoms with van der Waals surface area (Å²) in [6, 6.07) is 3.91. The van der Waals surface area contributed by atoms with E-state index in [0.29, 0.717) is 18.4 Å². The second-order valence-corrected chi connectivity index (χ2v) is 8.58. The highest BCUT2D eigenvalue weighted by molar-refractivity contribution is 5.91. The molecule has 2 aromatic rings. The Labute approximate surface area is 154 Å². The van der Waals surface area contributed by atoms with E-state index < -0.39 is 41.1 Å². The summed E-state index contributed by atoms with van der Waals surface area (Å²) in [6.07, 6.45) is 1.08. The van der Waals surface area contributed by atoms with Gasteiger partial charge in [0.05, 0.1) is 24.2 Å². The number of esters is 1. The van der Waals surface area contributed by atoms with Crippen molar-refractivity contribution in [3.8, 4) is 5.75 Å². The fraction of sp³-hybridized carbons (Fsp3) is 0.550. The van der Waals surface area contributed by atoms with Gasteiger partial charge in [-0.2, -0.15) is 0 Å². The minimum Gasteiger partial charge on any atom is -0.496 e. The van der Waals surface area contributed by atoms with Crippen LogP contribution in [-0.2, 0) is 24.4 Å². The molecule has 1 aromatic carbocycles. The zero-order valence-corrected chi connectivity index (χ0v) is 14.9. The van der Waals surface area contributed by atoms with Gasteiger partial charge in [-0.25, -0.2) is 0 Å². The minimum atomic E-state index is -1.56. The highest BCUT2D eigenvalue weighted by Gasteiger charge is 2.84. The molecule has 2 aliphatic carbocycles. The van der Waals surface area contributed by atoms with Gasteiger partial charge < -0.3 is 28.5 Å². The molecule has 1 saturated carbocycles. The average Bonchev–Trinajstić information content (AvgIpc) is 3.25. The van der Waals surface area contributed by atoms with Crippen molar-refractivity contribution in [1.29, 1.82) is 0 Å². The Morgan fingerprint density at radius 1 is 1.33 bits per heavy atom. The van der Waals surface area contributed by atoms with Crippen LogP contribution in [0.15, 0.2) is 22.8 Å². The molecule has 7 nitrogen and oxygen atoms in total. The molecule has 7 atom stereocenters. The Bertz CT molecular complexity index is 1060. The first kappa shape index (κ1) is 14.9. The van der Waals surface area contributed by atoms with Gasteiger partial charge >= 0.3 is 5.97 Å². The third-order valence-corrected chi connectivity index (χ3v) is 7.90. The molecule has 5 aliphatic heterocycles. The summed E-state index contributed by atoms with van der Waals surface area (Å²) in [7, 11) is 1.64. The molecule has 5 bridgehead atoms. The normalized spacial score (nSPS) is 48.0. The minimum absolute atomic E-state index is 0.210. The number of aliphatic hydroxyl groups is 1. The van der Waals surface area contributed by atoms with Gasteiger partial charge in [0.1, 0.15) is 29.0 Å². The first-order valence-electron chi connectivity index (χ1n) is 9.31. The number of methoxy groups -OCH3 is 1. The van der Waals surface area contributed by atoms with Crippen LogP contribution in [0.3, 0.4) is 0 Å². The van der Waals surface area contributed by atoms with Crippen LogP contribution in [0, 0.1) is 11.3 Å². The van der Waals surface area contributed by atoms with E-state index in [-0.39, 0.29) is 5.92 Å². The number of fused-ring (bicyclic) bond motifs is 2. The lowest BCUT2D eigenvalue weighted by Gasteiger charge is -2.69. The summed E-state index contributed by atoms with van der Waals surface area (Å²) >= 11 is 0. The van der Waals surface area contributed by atoms with E-state index in [2.05, 4.69) is 0 Å². The Hall–Kier alpha value is -2.09. The number of hydrogen-bond donors (Lipinski definition) is 1. The Morgan fingerprint density at radius 3 is 3.00 bits per heavy atom. The number of carbonyl (C=O) groups excluding carboxylic acids is 1. The molecule has 1 N–H and O–H groups in total. The second-order valence-electron chi connectivity index (χ2n) is 8.58. The van der Waals surface area contributed by atoms with Crippen molar-refractivity contribution in [3.05, 3.63) is 29.5 Å². The van der Waals surface area contributed by atoms with Crippen LogP contribution in [0.4, 0.5) is 0 Å². The predicted molar refractivity (Wildman–Crippen MR) is 88.8 cm³/mol. The monoisotopic (exact) mass is 370 g/mol. The molecule has 4 saturated heterocycles. The van der Waals surface area contributed by atoms with Gasteiger partial charge in [-0.1, -0.05) is 0 Å². The number of carbonyl (C=O) groups is 1. The highest BCUT2D eigenvalue weighted by atomic mass is 16.8. The number of furan rings is 1. The molecule has 6 heterocycles. The Balaban J connectivity index is 1.62.